The summed E-state index contributed by atoms with van der Waals surface area (Å²) < 4.78 is 44.0. The van der Waals surface area contributed by atoms with E-state index in [0.717, 1.165) is 28.7 Å². The molecule has 3 heterocycles. The second-order valence-electron chi connectivity index (χ2n) is 6.60. The first-order valence-corrected chi connectivity index (χ1v) is 9.54. The number of aromatic nitrogens is 1. The summed E-state index contributed by atoms with van der Waals surface area (Å²) in [5.41, 5.74) is 1.47. The Morgan fingerprint density at radius 2 is 2.00 bits per heavy atom. The van der Waals surface area contributed by atoms with E-state index in [0.29, 0.717) is 19.6 Å². The summed E-state index contributed by atoms with van der Waals surface area (Å²) in [6, 6.07) is 8.02. The van der Waals surface area contributed by atoms with Gasteiger partial charge in [-0.1, -0.05) is 24.3 Å². The van der Waals surface area contributed by atoms with Gasteiger partial charge in [0.25, 0.3) is 5.91 Å². The Labute approximate surface area is 158 Å². The van der Waals surface area contributed by atoms with Crippen LogP contribution in [0.5, 0.6) is 0 Å². The van der Waals surface area contributed by atoms with Crippen LogP contribution >= 0.6 is 11.3 Å². The van der Waals surface area contributed by atoms with Crippen molar-refractivity contribution in [2.75, 3.05) is 31.1 Å². The van der Waals surface area contributed by atoms with Crippen LogP contribution in [0.3, 0.4) is 0 Å². The standard InChI is InChI=1S/C18H18F3N3O2S/c19-18(20,21)15-11-27-17(22-15)24-7-8-26-14(10-24)16(25)23-6-5-12-3-1-2-4-13(12)9-23/h1-4,11,14H,5-10H2. The number of alkyl halides is 3. The minimum Gasteiger partial charge on any atom is -0.365 e. The summed E-state index contributed by atoms with van der Waals surface area (Å²) in [7, 11) is 0. The number of hydrogen-bond acceptors (Lipinski definition) is 5. The molecule has 4 rings (SSSR count). The number of amides is 1. The molecule has 9 heteroatoms. The van der Waals surface area contributed by atoms with Gasteiger partial charge in [0.1, 0.15) is 0 Å². The molecule has 1 aromatic heterocycles. The number of halogens is 3. The molecule has 0 spiro atoms. The fourth-order valence-electron chi connectivity index (χ4n) is 3.40. The van der Waals surface area contributed by atoms with Crippen LogP contribution in [0.4, 0.5) is 18.3 Å². The van der Waals surface area contributed by atoms with Gasteiger partial charge in [-0.25, -0.2) is 4.98 Å². The van der Waals surface area contributed by atoms with Gasteiger partial charge in [-0.05, 0) is 17.5 Å². The second-order valence-corrected chi connectivity index (χ2v) is 7.43. The van der Waals surface area contributed by atoms with Crippen LogP contribution in [-0.2, 0) is 28.7 Å². The third-order valence-corrected chi connectivity index (χ3v) is 5.74. The highest BCUT2D eigenvalue weighted by Gasteiger charge is 2.36. The number of benzene rings is 1. The van der Waals surface area contributed by atoms with Gasteiger partial charge in [0.05, 0.1) is 13.2 Å². The van der Waals surface area contributed by atoms with Gasteiger partial charge in [-0.15, -0.1) is 11.3 Å². The first-order valence-electron chi connectivity index (χ1n) is 8.66. The quantitative estimate of drug-likeness (QED) is 0.782. The van der Waals surface area contributed by atoms with E-state index in [9.17, 15) is 18.0 Å². The molecule has 1 fully saturated rings. The van der Waals surface area contributed by atoms with Crippen LogP contribution in [0, 0.1) is 0 Å². The van der Waals surface area contributed by atoms with E-state index in [1.54, 1.807) is 9.80 Å². The smallest absolute Gasteiger partial charge is 0.365 e. The molecule has 0 N–H and O–H groups in total. The largest absolute Gasteiger partial charge is 0.434 e. The summed E-state index contributed by atoms with van der Waals surface area (Å²) in [5.74, 6) is -0.123. The average Bonchev–Trinajstić information content (AvgIpc) is 3.18. The highest BCUT2D eigenvalue weighted by Crippen LogP contribution is 2.33. The Bertz CT molecular complexity index is 839. The Hall–Kier alpha value is -2.13. The predicted octanol–water partition coefficient (Wildman–Crippen LogP) is 2.95. The fraction of sp³-hybridized carbons (Fsp3) is 0.444. The Morgan fingerprint density at radius 1 is 1.22 bits per heavy atom. The number of fused-ring (bicyclic) bond motifs is 1. The van der Waals surface area contributed by atoms with Crippen LogP contribution in [0.1, 0.15) is 16.8 Å². The van der Waals surface area contributed by atoms with Crippen molar-refractivity contribution in [3.8, 4) is 0 Å². The van der Waals surface area contributed by atoms with Crippen molar-refractivity contribution >= 4 is 22.4 Å². The predicted molar refractivity (Wildman–Crippen MR) is 94.6 cm³/mol. The van der Waals surface area contributed by atoms with Crippen molar-refractivity contribution in [2.45, 2.75) is 25.2 Å². The van der Waals surface area contributed by atoms with Gasteiger partial charge in [0.2, 0.25) is 0 Å². The summed E-state index contributed by atoms with van der Waals surface area (Å²) in [4.78, 5) is 20.0. The number of morpholine rings is 1. The van der Waals surface area contributed by atoms with E-state index in [2.05, 4.69) is 11.1 Å². The van der Waals surface area contributed by atoms with Crippen molar-refractivity contribution < 1.29 is 22.7 Å². The van der Waals surface area contributed by atoms with E-state index >= 15 is 0 Å². The molecule has 0 radical (unpaired) electrons. The first kappa shape index (κ1) is 18.2. The lowest BCUT2D eigenvalue weighted by Gasteiger charge is -2.36. The van der Waals surface area contributed by atoms with Gasteiger partial charge in [-0.2, -0.15) is 13.2 Å². The molecule has 27 heavy (non-hydrogen) atoms. The van der Waals surface area contributed by atoms with Crippen LogP contribution in [-0.4, -0.2) is 48.1 Å². The zero-order valence-electron chi connectivity index (χ0n) is 14.4. The number of anilines is 1. The average molecular weight is 397 g/mol. The van der Waals surface area contributed by atoms with Crippen LogP contribution in [0.25, 0.3) is 0 Å². The number of ether oxygens (including phenoxy) is 1. The van der Waals surface area contributed by atoms with Gasteiger partial charge in [0.15, 0.2) is 16.9 Å². The topological polar surface area (TPSA) is 45.7 Å². The van der Waals surface area contributed by atoms with E-state index < -0.39 is 18.0 Å². The van der Waals surface area contributed by atoms with Crippen molar-refractivity contribution in [3.63, 3.8) is 0 Å². The Kier molecular flexibility index (Phi) is 4.81. The molecule has 1 saturated heterocycles. The number of carbonyl (C=O) groups excluding carboxylic acids is 1. The maximum absolute atomic E-state index is 12.9. The molecule has 2 aliphatic rings. The molecule has 1 amide bonds. The van der Waals surface area contributed by atoms with Crippen LogP contribution in [0.15, 0.2) is 29.6 Å². The molecule has 144 valence electrons. The van der Waals surface area contributed by atoms with Crippen molar-refractivity contribution in [1.29, 1.82) is 0 Å². The highest BCUT2D eigenvalue weighted by molar-refractivity contribution is 7.13. The van der Waals surface area contributed by atoms with Gasteiger partial charge in [-0.3, -0.25) is 4.79 Å². The SMILES string of the molecule is O=C(C1CN(c2nc(C(F)(F)F)cs2)CCO1)N1CCc2ccccc2C1. The van der Waals surface area contributed by atoms with Crippen LogP contribution < -0.4 is 4.90 Å². The van der Waals surface area contributed by atoms with Crippen molar-refractivity contribution in [1.82, 2.24) is 9.88 Å². The molecule has 0 saturated carbocycles. The number of thiazole rings is 1. The normalized spacial score (nSPS) is 20.5. The molecule has 1 aromatic carbocycles. The van der Waals surface area contributed by atoms with Gasteiger partial charge < -0.3 is 14.5 Å². The Balaban J connectivity index is 1.44. The molecule has 1 unspecified atom stereocenters. The molecule has 0 bridgehead atoms. The number of carbonyl (C=O) groups is 1. The first-order chi connectivity index (χ1) is 12.9. The maximum Gasteiger partial charge on any atom is 0.434 e. The second kappa shape index (κ2) is 7.12. The van der Waals surface area contributed by atoms with E-state index in [1.807, 2.05) is 18.2 Å². The third-order valence-electron chi connectivity index (χ3n) is 4.84. The molecule has 1 atom stereocenters. The lowest BCUT2D eigenvalue weighted by Crippen LogP contribution is -2.52. The van der Waals surface area contributed by atoms with Gasteiger partial charge in [0, 0.05) is 25.0 Å². The summed E-state index contributed by atoms with van der Waals surface area (Å²) >= 11 is 0.937. The molecular formula is C18H18F3N3O2S. The maximum atomic E-state index is 12.9. The van der Waals surface area contributed by atoms with Crippen LogP contribution in [0.2, 0.25) is 0 Å². The summed E-state index contributed by atoms with van der Waals surface area (Å²) in [6.45, 7) is 2.05. The van der Waals surface area contributed by atoms with Crippen molar-refractivity contribution in [3.05, 3.63) is 46.5 Å². The van der Waals surface area contributed by atoms with E-state index in [1.165, 1.54) is 5.56 Å². The Morgan fingerprint density at radius 3 is 2.74 bits per heavy atom. The third kappa shape index (κ3) is 3.79. The number of rotatable bonds is 2. The van der Waals surface area contributed by atoms with E-state index in [-0.39, 0.29) is 24.2 Å². The monoisotopic (exact) mass is 397 g/mol. The molecule has 5 nitrogen and oxygen atoms in total. The zero-order valence-corrected chi connectivity index (χ0v) is 15.2. The lowest BCUT2D eigenvalue weighted by molar-refractivity contribution is -0.145. The summed E-state index contributed by atoms with van der Waals surface area (Å²) in [6.07, 6.45) is -4.36. The van der Waals surface area contributed by atoms with Gasteiger partial charge >= 0.3 is 6.18 Å². The number of hydrogen-bond donors (Lipinski definition) is 0. The number of nitrogens with zero attached hydrogens (tertiary/aromatic N) is 3. The lowest BCUT2D eigenvalue weighted by atomic mass is 9.99. The molecule has 0 aliphatic carbocycles. The minimum atomic E-state index is -4.46. The van der Waals surface area contributed by atoms with Crippen molar-refractivity contribution in [2.24, 2.45) is 0 Å². The van der Waals surface area contributed by atoms with E-state index in [4.69, 9.17) is 4.74 Å². The molecule has 2 aromatic rings. The molecular weight excluding hydrogens is 379 g/mol. The fourth-order valence-corrected chi connectivity index (χ4v) is 4.27. The minimum absolute atomic E-state index is 0.123. The zero-order chi connectivity index (χ0) is 19.0. The highest BCUT2D eigenvalue weighted by atomic mass is 32.1. The molecule has 2 aliphatic heterocycles. The summed E-state index contributed by atoms with van der Waals surface area (Å²) in [5, 5.41) is 1.27.